The van der Waals surface area contributed by atoms with E-state index in [0.717, 1.165) is 50.1 Å². The van der Waals surface area contributed by atoms with E-state index in [-0.39, 0.29) is 5.41 Å². The third-order valence-electron chi connectivity index (χ3n) is 13.3. The molecule has 0 amide bonds. The molecular weight excluding hydrogens is 763 g/mol. The molecule has 1 aliphatic rings. The van der Waals surface area contributed by atoms with E-state index < -0.39 is 0 Å². The van der Waals surface area contributed by atoms with Crippen molar-refractivity contribution in [1.82, 2.24) is 0 Å². The Morgan fingerprint density at radius 2 is 0.794 bits per heavy atom. The smallest absolute Gasteiger partial charge is 0.135 e. The van der Waals surface area contributed by atoms with Crippen LogP contribution >= 0.6 is 0 Å². The molecule has 0 unspecified atom stereocenters. The number of hydrogen-bond acceptors (Lipinski definition) is 2. The fraction of sp³-hybridized carbons (Fsp3) is 0.0492. The van der Waals surface area contributed by atoms with Gasteiger partial charge >= 0.3 is 0 Å². The largest absolute Gasteiger partial charge is 0.456 e. The van der Waals surface area contributed by atoms with E-state index in [1.807, 2.05) is 12.1 Å². The Hall–Kier alpha value is -7.94. The predicted octanol–water partition coefficient (Wildman–Crippen LogP) is 17.2. The number of rotatable bonds is 7. The van der Waals surface area contributed by atoms with Gasteiger partial charge in [-0.3, -0.25) is 0 Å². The van der Waals surface area contributed by atoms with Crippen molar-refractivity contribution < 1.29 is 4.42 Å². The van der Waals surface area contributed by atoms with Gasteiger partial charge in [0.05, 0.1) is 5.69 Å². The van der Waals surface area contributed by atoms with Crippen LogP contribution < -0.4 is 4.90 Å². The number of fused-ring (bicyclic) bond motifs is 7. The molecule has 1 aliphatic carbocycles. The van der Waals surface area contributed by atoms with Gasteiger partial charge in [0.1, 0.15) is 11.2 Å². The molecule has 63 heavy (non-hydrogen) atoms. The zero-order chi connectivity index (χ0) is 42.1. The standard InChI is InChI=1S/C61H43NO/c1-61(2)56-38-46(41-15-7-4-8-16-41)27-32-51(56)52-33-31-48(39-57(52)61)62(47-29-25-43(26-30-47)45-28-36-60-55(37-45)54-19-11-12-20-59(54)63-60)58-35-34-49(50-17-9-10-18-53(50)58)44-23-21-42(22-24-44)40-13-5-3-6-14-40/h3-39H,1-2H3. The van der Waals surface area contributed by atoms with Crippen LogP contribution in [0.15, 0.2) is 229 Å². The average Bonchev–Trinajstić information content (AvgIpc) is 3.83. The van der Waals surface area contributed by atoms with Crippen molar-refractivity contribution in [3.63, 3.8) is 0 Å². The lowest BCUT2D eigenvalue weighted by Crippen LogP contribution is -2.17. The van der Waals surface area contributed by atoms with Crippen molar-refractivity contribution >= 4 is 49.8 Å². The molecule has 11 aromatic rings. The van der Waals surface area contributed by atoms with Gasteiger partial charge in [0.15, 0.2) is 0 Å². The predicted molar refractivity (Wildman–Crippen MR) is 265 cm³/mol. The zero-order valence-corrected chi connectivity index (χ0v) is 35.2. The minimum absolute atomic E-state index is 0.200. The van der Waals surface area contributed by atoms with Crippen LogP contribution in [0.4, 0.5) is 17.1 Å². The molecule has 0 N–H and O–H groups in total. The summed E-state index contributed by atoms with van der Waals surface area (Å²) in [5.41, 5.74) is 19.9. The van der Waals surface area contributed by atoms with Crippen molar-refractivity contribution in [3.05, 3.63) is 236 Å². The third-order valence-corrected chi connectivity index (χ3v) is 13.3. The number of para-hydroxylation sites is 1. The lowest BCUT2D eigenvalue weighted by molar-refractivity contribution is 0.660. The molecule has 298 valence electrons. The number of furan rings is 1. The summed E-state index contributed by atoms with van der Waals surface area (Å²) >= 11 is 0. The summed E-state index contributed by atoms with van der Waals surface area (Å²) in [5, 5.41) is 4.68. The second-order valence-electron chi connectivity index (χ2n) is 17.3. The van der Waals surface area contributed by atoms with Crippen molar-refractivity contribution in [2.75, 3.05) is 4.90 Å². The lowest BCUT2D eigenvalue weighted by Gasteiger charge is -2.29. The maximum Gasteiger partial charge on any atom is 0.135 e. The molecule has 0 saturated heterocycles. The summed E-state index contributed by atoms with van der Waals surface area (Å²) in [7, 11) is 0. The Labute approximate surface area is 368 Å². The first-order valence-corrected chi connectivity index (χ1v) is 21.8. The van der Waals surface area contributed by atoms with E-state index in [1.54, 1.807) is 0 Å². The quantitative estimate of drug-likeness (QED) is 0.160. The Morgan fingerprint density at radius 3 is 1.54 bits per heavy atom. The summed E-state index contributed by atoms with van der Waals surface area (Å²) in [4.78, 5) is 2.45. The Balaban J connectivity index is 0.989. The summed E-state index contributed by atoms with van der Waals surface area (Å²) in [6.45, 7) is 4.76. The number of benzene rings is 10. The monoisotopic (exact) mass is 805 g/mol. The topological polar surface area (TPSA) is 16.4 Å². The molecule has 0 radical (unpaired) electrons. The van der Waals surface area contributed by atoms with Crippen molar-refractivity contribution in [2.45, 2.75) is 19.3 Å². The summed E-state index contributed by atoms with van der Waals surface area (Å²) < 4.78 is 6.17. The van der Waals surface area contributed by atoms with E-state index >= 15 is 0 Å². The van der Waals surface area contributed by atoms with Gasteiger partial charge in [-0.2, -0.15) is 0 Å². The van der Waals surface area contributed by atoms with Crippen molar-refractivity contribution in [2.24, 2.45) is 0 Å². The molecule has 2 nitrogen and oxygen atoms in total. The van der Waals surface area contributed by atoms with Crippen LogP contribution in [0.3, 0.4) is 0 Å². The molecule has 0 aliphatic heterocycles. The van der Waals surface area contributed by atoms with E-state index in [4.69, 9.17) is 4.42 Å². The highest BCUT2D eigenvalue weighted by molar-refractivity contribution is 6.08. The van der Waals surface area contributed by atoms with Crippen molar-refractivity contribution in [1.29, 1.82) is 0 Å². The molecule has 0 spiro atoms. The van der Waals surface area contributed by atoms with Gasteiger partial charge in [0.25, 0.3) is 0 Å². The fourth-order valence-electron chi connectivity index (χ4n) is 10.0. The van der Waals surface area contributed by atoms with Crippen molar-refractivity contribution in [3.8, 4) is 55.6 Å². The van der Waals surface area contributed by atoms with Crippen LogP contribution in [-0.2, 0) is 5.41 Å². The van der Waals surface area contributed by atoms with Crippen LogP contribution in [0.1, 0.15) is 25.0 Å². The average molecular weight is 806 g/mol. The highest BCUT2D eigenvalue weighted by Gasteiger charge is 2.36. The number of anilines is 3. The first-order valence-electron chi connectivity index (χ1n) is 21.8. The van der Waals surface area contributed by atoms with Gasteiger partial charge in [-0.25, -0.2) is 0 Å². The van der Waals surface area contributed by atoms with Gasteiger partial charge in [0.2, 0.25) is 0 Å². The number of nitrogens with zero attached hydrogens (tertiary/aromatic N) is 1. The van der Waals surface area contributed by atoms with Crippen LogP contribution in [-0.4, -0.2) is 0 Å². The molecule has 10 aromatic carbocycles. The lowest BCUT2D eigenvalue weighted by atomic mass is 9.81. The van der Waals surface area contributed by atoms with Gasteiger partial charge in [0, 0.05) is 32.9 Å². The van der Waals surface area contributed by atoms with Gasteiger partial charge in [-0.15, -0.1) is 0 Å². The molecule has 0 saturated carbocycles. The van der Waals surface area contributed by atoms with Crippen LogP contribution in [0.25, 0.3) is 88.3 Å². The SMILES string of the molecule is CC1(C)c2cc(-c3ccccc3)ccc2-c2ccc(N(c3ccc(-c4ccc5oc6ccccc6c5c4)cc3)c3ccc(-c4ccc(-c5ccccc5)cc4)c4ccccc34)cc21. The highest BCUT2D eigenvalue weighted by atomic mass is 16.3. The normalized spacial score (nSPS) is 12.7. The van der Waals surface area contributed by atoms with E-state index in [1.165, 1.54) is 66.4 Å². The molecule has 0 bridgehead atoms. The molecule has 2 heteroatoms. The molecular formula is C61H43NO. The maximum absolute atomic E-state index is 6.17. The maximum atomic E-state index is 6.17. The zero-order valence-electron chi connectivity index (χ0n) is 35.2. The Morgan fingerprint density at radius 1 is 0.317 bits per heavy atom. The second kappa shape index (κ2) is 14.6. The highest BCUT2D eigenvalue weighted by Crippen LogP contribution is 2.52. The van der Waals surface area contributed by atoms with Gasteiger partial charge < -0.3 is 9.32 Å². The Bertz CT molecular complexity index is 3510. The van der Waals surface area contributed by atoms with Gasteiger partial charge in [-0.05, 0) is 127 Å². The minimum atomic E-state index is -0.200. The third kappa shape index (κ3) is 6.17. The molecule has 0 fully saturated rings. The molecule has 1 aromatic heterocycles. The first kappa shape index (κ1) is 36.9. The summed E-state index contributed by atoms with van der Waals surface area (Å²) in [6.07, 6.45) is 0. The number of hydrogen-bond donors (Lipinski definition) is 0. The summed E-state index contributed by atoms with van der Waals surface area (Å²) in [5.74, 6) is 0. The second-order valence-corrected chi connectivity index (χ2v) is 17.3. The first-order chi connectivity index (χ1) is 31.0. The Kier molecular flexibility index (Phi) is 8.55. The minimum Gasteiger partial charge on any atom is -0.456 e. The van der Waals surface area contributed by atoms with Crippen LogP contribution in [0.5, 0.6) is 0 Å². The van der Waals surface area contributed by atoms with E-state index in [0.29, 0.717) is 0 Å². The fourth-order valence-corrected chi connectivity index (χ4v) is 10.0. The van der Waals surface area contributed by atoms with Crippen LogP contribution in [0, 0.1) is 0 Å². The molecule has 1 heterocycles. The van der Waals surface area contributed by atoms with Gasteiger partial charge in [-0.1, -0.05) is 184 Å². The van der Waals surface area contributed by atoms with E-state index in [2.05, 4.69) is 231 Å². The van der Waals surface area contributed by atoms with Crippen LogP contribution in [0.2, 0.25) is 0 Å². The molecule has 0 atom stereocenters. The summed E-state index contributed by atoms with van der Waals surface area (Å²) in [6, 6.07) is 81.8. The molecule has 12 rings (SSSR count). The van der Waals surface area contributed by atoms with E-state index in [9.17, 15) is 0 Å².